The van der Waals surface area contributed by atoms with Crippen molar-refractivity contribution >= 4 is 15.2 Å². The van der Waals surface area contributed by atoms with Crippen LogP contribution in [-0.4, -0.2) is 26.3 Å². The number of nitrogens with zero attached hydrogens (tertiary/aromatic N) is 1. The van der Waals surface area contributed by atoms with Gasteiger partial charge >= 0.3 is 0 Å². The van der Waals surface area contributed by atoms with Crippen molar-refractivity contribution in [3.8, 4) is 5.75 Å². The van der Waals surface area contributed by atoms with E-state index in [4.69, 9.17) is 9.26 Å². The highest BCUT2D eigenvalue weighted by atomic mass is 31.0. The van der Waals surface area contributed by atoms with Crippen LogP contribution >= 0.6 is 9.47 Å². The molecule has 0 bridgehead atoms. The van der Waals surface area contributed by atoms with Crippen LogP contribution < -0.4 is 9.64 Å². The second kappa shape index (κ2) is 5.24. The van der Waals surface area contributed by atoms with E-state index in [1.54, 1.807) is 7.11 Å². The van der Waals surface area contributed by atoms with Crippen molar-refractivity contribution in [1.29, 1.82) is 0 Å². The number of methoxy groups -OCH3 is 1. The molecule has 4 heteroatoms. The summed E-state index contributed by atoms with van der Waals surface area (Å²) < 4.78 is 10.6. The van der Waals surface area contributed by atoms with Gasteiger partial charge in [0.1, 0.15) is 5.75 Å². The predicted molar refractivity (Wildman–Crippen MR) is 73.9 cm³/mol. The highest BCUT2D eigenvalue weighted by Crippen LogP contribution is 2.45. The van der Waals surface area contributed by atoms with Crippen LogP contribution in [0.5, 0.6) is 5.75 Å². The van der Waals surface area contributed by atoms with Gasteiger partial charge in [-0.3, -0.25) is 0 Å². The lowest BCUT2D eigenvalue weighted by molar-refractivity contribution is 0.370. The number of ether oxygens (including phenoxy) is 1. The topological polar surface area (TPSA) is 21.7 Å². The molecule has 1 aromatic carbocycles. The van der Waals surface area contributed by atoms with E-state index in [-0.39, 0.29) is 0 Å². The number of rotatable bonds is 4. The fraction of sp³-hybridized carbons (Fsp3) is 0.538. The van der Waals surface area contributed by atoms with E-state index in [2.05, 4.69) is 40.3 Å². The number of anilines is 1. The number of hydrogen-bond donors (Lipinski definition) is 0. The van der Waals surface area contributed by atoms with E-state index in [1.807, 2.05) is 6.07 Å². The van der Waals surface area contributed by atoms with Crippen molar-refractivity contribution in [1.82, 2.24) is 0 Å². The third kappa shape index (κ3) is 2.14. The van der Waals surface area contributed by atoms with E-state index in [0.717, 1.165) is 18.9 Å². The first-order chi connectivity index (χ1) is 8.20. The van der Waals surface area contributed by atoms with Crippen LogP contribution in [0, 0.1) is 0 Å². The lowest BCUT2D eigenvalue weighted by Gasteiger charge is -2.25. The Labute approximate surface area is 105 Å². The Balaban J connectivity index is 2.36. The lowest BCUT2D eigenvalue weighted by Crippen LogP contribution is -2.33. The van der Waals surface area contributed by atoms with Crippen LogP contribution in [-0.2, 0) is 4.52 Å². The molecular weight excluding hydrogens is 233 g/mol. The summed E-state index contributed by atoms with van der Waals surface area (Å²) in [5.74, 6) is 1.49. The van der Waals surface area contributed by atoms with Gasteiger partial charge in [0, 0.05) is 39.2 Å². The average molecular weight is 253 g/mol. The number of hydrogen-bond acceptors (Lipinski definition) is 3. The maximum Gasteiger partial charge on any atom is 0.124 e. The highest BCUT2D eigenvalue weighted by Gasteiger charge is 2.34. The summed E-state index contributed by atoms with van der Waals surface area (Å²) >= 11 is 0. The molecule has 0 N–H and O–H groups in total. The molecule has 0 spiro atoms. The van der Waals surface area contributed by atoms with E-state index in [1.165, 1.54) is 11.3 Å². The highest BCUT2D eigenvalue weighted by molar-refractivity contribution is 7.09. The zero-order valence-corrected chi connectivity index (χ0v) is 11.8. The van der Waals surface area contributed by atoms with Gasteiger partial charge in [-0.15, -0.1) is 0 Å². The predicted octanol–water partition coefficient (Wildman–Crippen LogP) is 2.81. The van der Waals surface area contributed by atoms with Crippen molar-refractivity contribution in [3.05, 3.63) is 23.8 Å². The molecule has 3 unspecified atom stereocenters. The lowest BCUT2D eigenvalue weighted by atomic mass is 9.97. The SMILES string of the molecule is COc1cccc2c1C(C)C(C)N2CCOP. The van der Waals surface area contributed by atoms with E-state index >= 15 is 0 Å². The van der Waals surface area contributed by atoms with E-state index < -0.39 is 0 Å². The van der Waals surface area contributed by atoms with Crippen LogP contribution in [0.2, 0.25) is 0 Å². The molecule has 0 aromatic heterocycles. The normalized spacial score (nSPS) is 22.7. The molecule has 1 aliphatic rings. The van der Waals surface area contributed by atoms with Crippen molar-refractivity contribution in [3.63, 3.8) is 0 Å². The van der Waals surface area contributed by atoms with Gasteiger partial charge in [-0.25, -0.2) is 0 Å². The quantitative estimate of drug-likeness (QED) is 0.770. The number of fused-ring (bicyclic) bond motifs is 1. The minimum absolute atomic E-state index is 0.487. The van der Waals surface area contributed by atoms with Crippen LogP contribution in [0.25, 0.3) is 0 Å². The van der Waals surface area contributed by atoms with Crippen molar-refractivity contribution in [2.24, 2.45) is 0 Å². The average Bonchev–Trinajstić information content (AvgIpc) is 2.60. The molecular formula is C13H20NO2P. The van der Waals surface area contributed by atoms with Gasteiger partial charge in [-0.05, 0) is 19.1 Å². The second-order valence-electron chi connectivity index (χ2n) is 4.49. The van der Waals surface area contributed by atoms with Crippen molar-refractivity contribution in [2.45, 2.75) is 25.8 Å². The zero-order chi connectivity index (χ0) is 12.4. The Morgan fingerprint density at radius 1 is 1.35 bits per heavy atom. The molecule has 0 saturated carbocycles. The Bertz CT molecular complexity index is 397. The van der Waals surface area contributed by atoms with Crippen LogP contribution in [0.3, 0.4) is 0 Å². The Morgan fingerprint density at radius 2 is 2.12 bits per heavy atom. The first kappa shape index (κ1) is 12.7. The molecule has 1 aromatic rings. The molecule has 1 aliphatic heterocycles. The van der Waals surface area contributed by atoms with Gasteiger partial charge in [0.25, 0.3) is 0 Å². The molecule has 3 atom stereocenters. The molecule has 0 amide bonds. The van der Waals surface area contributed by atoms with Gasteiger partial charge in [-0.2, -0.15) is 0 Å². The smallest absolute Gasteiger partial charge is 0.124 e. The number of benzene rings is 1. The van der Waals surface area contributed by atoms with E-state index in [0.29, 0.717) is 12.0 Å². The third-order valence-electron chi connectivity index (χ3n) is 3.69. The van der Waals surface area contributed by atoms with Gasteiger partial charge in [0.15, 0.2) is 0 Å². The maximum atomic E-state index is 5.47. The van der Waals surface area contributed by atoms with Crippen LogP contribution in [0.4, 0.5) is 5.69 Å². The molecule has 0 radical (unpaired) electrons. The largest absolute Gasteiger partial charge is 0.496 e. The molecule has 0 saturated heterocycles. The molecule has 0 fully saturated rings. The van der Waals surface area contributed by atoms with Crippen LogP contribution in [0.1, 0.15) is 25.3 Å². The first-order valence-electron chi connectivity index (χ1n) is 5.96. The summed E-state index contributed by atoms with van der Waals surface area (Å²) in [6, 6.07) is 6.75. The van der Waals surface area contributed by atoms with Gasteiger partial charge in [0.05, 0.1) is 13.7 Å². The second-order valence-corrected chi connectivity index (χ2v) is 4.82. The summed E-state index contributed by atoms with van der Waals surface area (Å²) in [6.07, 6.45) is 0. The molecule has 1 heterocycles. The van der Waals surface area contributed by atoms with Gasteiger partial charge < -0.3 is 14.2 Å². The molecule has 0 aliphatic carbocycles. The zero-order valence-electron chi connectivity index (χ0n) is 10.6. The summed E-state index contributed by atoms with van der Waals surface area (Å²) in [7, 11) is 4.05. The Hall–Kier alpha value is -0.790. The Kier molecular flexibility index (Phi) is 3.90. The van der Waals surface area contributed by atoms with Crippen LogP contribution in [0.15, 0.2) is 18.2 Å². The first-order valence-corrected chi connectivity index (χ1v) is 6.43. The van der Waals surface area contributed by atoms with Gasteiger partial charge in [-0.1, -0.05) is 13.0 Å². The fourth-order valence-corrected chi connectivity index (χ4v) is 2.73. The van der Waals surface area contributed by atoms with Crippen molar-refractivity contribution in [2.75, 3.05) is 25.2 Å². The fourth-order valence-electron chi connectivity index (χ4n) is 2.62. The summed E-state index contributed by atoms with van der Waals surface area (Å²) in [6.45, 7) is 6.15. The Morgan fingerprint density at radius 3 is 2.76 bits per heavy atom. The molecule has 94 valence electrons. The minimum Gasteiger partial charge on any atom is -0.496 e. The summed E-state index contributed by atoms with van der Waals surface area (Å²) in [5.41, 5.74) is 2.61. The molecule has 17 heavy (non-hydrogen) atoms. The van der Waals surface area contributed by atoms with Crippen molar-refractivity contribution < 1.29 is 9.26 Å². The van der Waals surface area contributed by atoms with Gasteiger partial charge in [0.2, 0.25) is 0 Å². The maximum absolute atomic E-state index is 5.47. The molecule has 3 nitrogen and oxygen atoms in total. The third-order valence-corrected chi connectivity index (χ3v) is 3.93. The monoisotopic (exact) mass is 253 g/mol. The minimum atomic E-state index is 0.487. The van der Waals surface area contributed by atoms with E-state index in [9.17, 15) is 0 Å². The molecule has 2 rings (SSSR count). The summed E-state index contributed by atoms with van der Waals surface area (Å²) in [5, 5.41) is 0. The standard InChI is InChI=1S/C13H20NO2P/c1-9-10(2)14(7-8-16-17)11-5-4-6-12(15-3)13(9)11/h4-6,9-10H,7-8,17H2,1-3H3. The summed E-state index contributed by atoms with van der Waals surface area (Å²) in [4.78, 5) is 2.40.